The number of halogens is 1. The molecule has 0 radical (unpaired) electrons. The Kier molecular flexibility index (Phi) is 3.18. The molecule has 0 aliphatic carbocycles. The van der Waals surface area contributed by atoms with Gasteiger partial charge in [0.25, 0.3) is 0 Å². The van der Waals surface area contributed by atoms with Gasteiger partial charge in [-0.3, -0.25) is 4.79 Å². The second-order valence-corrected chi connectivity index (χ2v) is 5.27. The number of hydrogen-bond donors (Lipinski definition) is 1. The first-order chi connectivity index (χ1) is 10.0. The number of carbonyl (C=O) groups is 1. The van der Waals surface area contributed by atoms with E-state index in [0.717, 1.165) is 21.7 Å². The van der Waals surface area contributed by atoms with Crippen LogP contribution in [0.15, 0.2) is 35.3 Å². The van der Waals surface area contributed by atoms with Gasteiger partial charge in [-0.05, 0) is 46.8 Å². The number of H-pyrrole nitrogens is 1. The third kappa shape index (κ3) is 2.17. The Balaban J connectivity index is 2.56. The van der Waals surface area contributed by atoms with Crippen molar-refractivity contribution >= 4 is 39.1 Å². The highest BCUT2D eigenvalue weighted by Crippen LogP contribution is 2.32. The lowest BCUT2D eigenvalue weighted by Gasteiger charge is -2.10. The molecule has 1 N–H and O–H groups in total. The van der Waals surface area contributed by atoms with Crippen molar-refractivity contribution in [3.05, 3.63) is 57.0 Å². The van der Waals surface area contributed by atoms with Crippen LogP contribution in [-0.2, 0) is 4.74 Å². The van der Waals surface area contributed by atoms with E-state index in [-0.39, 0.29) is 5.56 Å². The maximum atomic E-state index is 12.0. The number of methoxy groups -OCH3 is 1. The number of aromatic nitrogens is 1. The van der Waals surface area contributed by atoms with Crippen LogP contribution in [0.25, 0.3) is 21.5 Å². The average Bonchev–Trinajstić information content (AvgIpc) is 2.47. The number of aryl methyl sites for hydroxylation is 1. The van der Waals surface area contributed by atoms with E-state index in [1.54, 1.807) is 18.3 Å². The molecule has 0 aliphatic heterocycles. The summed E-state index contributed by atoms with van der Waals surface area (Å²) in [5.74, 6) is -0.441. The quantitative estimate of drug-likeness (QED) is 0.553. The zero-order valence-corrected chi connectivity index (χ0v) is 12.2. The zero-order valence-electron chi connectivity index (χ0n) is 11.5. The largest absolute Gasteiger partial charge is 0.465 e. The van der Waals surface area contributed by atoms with Crippen molar-refractivity contribution in [2.45, 2.75) is 6.92 Å². The second kappa shape index (κ2) is 4.90. The van der Waals surface area contributed by atoms with E-state index < -0.39 is 5.97 Å². The van der Waals surface area contributed by atoms with Gasteiger partial charge in [0.15, 0.2) is 0 Å². The number of nitrogens with one attached hydrogen (secondary N) is 1. The summed E-state index contributed by atoms with van der Waals surface area (Å²) >= 11 is 6.20. The van der Waals surface area contributed by atoms with Gasteiger partial charge in [-0.25, -0.2) is 4.79 Å². The molecular weight excluding hydrogens is 290 g/mol. The van der Waals surface area contributed by atoms with Crippen LogP contribution < -0.4 is 5.56 Å². The summed E-state index contributed by atoms with van der Waals surface area (Å²) in [7, 11) is 1.33. The number of benzene rings is 2. The molecule has 0 spiro atoms. The van der Waals surface area contributed by atoms with Gasteiger partial charge in [-0.15, -0.1) is 0 Å². The zero-order chi connectivity index (χ0) is 15.1. The van der Waals surface area contributed by atoms with E-state index >= 15 is 0 Å². The monoisotopic (exact) mass is 301 g/mol. The minimum atomic E-state index is -0.441. The topological polar surface area (TPSA) is 59.2 Å². The fourth-order valence-corrected chi connectivity index (χ4v) is 2.64. The number of esters is 1. The molecule has 1 heterocycles. The third-order valence-corrected chi connectivity index (χ3v) is 3.95. The Morgan fingerprint density at radius 1 is 1.14 bits per heavy atom. The summed E-state index contributed by atoms with van der Waals surface area (Å²) in [5, 5.41) is 3.67. The van der Waals surface area contributed by atoms with Crippen LogP contribution in [0.3, 0.4) is 0 Å². The molecule has 2 aromatic carbocycles. The molecule has 1 aromatic heterocycles. The number of hydrogen-bond acceptors (Lipinski definition) is 3. The highest BCUT2D eigenvalue weighted by Gasteiger charge is 2.15. The van der Waals surface area contributed by atoms with Crippen LogP contribution in [0.1, 0.15) is 15.9 Å². The summed E-state index contributed by atoms with van der Waals surface area (Å²) in [6.45, 7) is 1.87. The van der Waals surface area contributed by atoms with Crippen LogP contribution in [0.2, 0.25) is 5.02 Å². The number of aromatic amines is 1. The van der Waals surface area contributed by atoms with E-state index in [4.69, 9.17) is 16.3 Å². The Labute approximate surface area is 125 Å². The minimum Gasteiger partial charge on any atom is -0.465 e. The van der Waals surface area contributed by atoms with E-state index in [9.17, 15) is 9.59 Å². The molecule has 0 atom stereocenters. The number of rotatable bonds is 1. The van der Waals surface area contributed by atoms with Gasteiger partial charge in [0.05, 0.1) is 12.7 Å². The van der Waals surface area contributed by atoms with Crippen LogP contribution in [0.5, 0.6) is 0 Å². The van der Waals surface area contributed by atoms with Gasteiger partial charge in [-0.1, -0.05) is 11.6 Å². The molecule has 0 bridgehead atoms. The maximum absolute atomic E-state index is 12.0. The molecule has 21 heavy (non-hydrogen) atoms. The van der Waals surface area contributed by atoms with Gasteiger partial charge in [0.2, 0.25) is 5.56 Å². The van der Waals surface area contributed by atoms with Crippen LogP contribution in [-0.4, -0.2) is 18.1 Å². The van der Waals surface area contributed by atoms with Gasteiger partial charge >= 0.3 is 5.97 Å². The van der Waals surface area contributed by atoms with Crippen LogP contribution >= 0.6 is 11.6 Å². The molecule has 0 saturated heterocycles. The van der Waals surface area contributed by atoms with Crippen LogP contribution in [0, 0.1) is 6.92 Å². The summed E-state index contributed by atoms with van der Waals surface area (Å²) in [6.07, 6.45) is 1.63. The lowest BCUT2D eigenvalue weighted by Crippen LogP contribution is -2.06. The molecule has 4 nitrogen and oxygen atoms in total. The van der Waals surface area contributed by atoms with E-state index in [1.165, 1.54) is 13.2 Å². The summed E-state index contributed by atoms with van der Waals surface area (Å²) in [6, 6.07) is 6.79. The summed E-state index contributed by atoms with van der Waals surface area (Å²) in [4.78, 5) is 26.2. The molecule has 0 saturated carbocycles. The van der Waals surface area contributed by atoms with Crippen molar-refractivity contribution in [3.8, 4) is 0 Å². The molecule has 106 valence electrons. The maximum Gasteiger partial charge on any atom is 0.338 e. The molecule has 0 fully saturated rings. The SMILES string of the molecule is COC(=O)c1cc2cc(=O)[nH]cc2c2cc(Cl)c(C)cc12. The highest BCUT2D eigenvalue weighted by atomic mass is 35.5. The molecule has 0 aliphatic rings. The molecule has 3 aromatic rings. The summed E-state index contributed by atoms with van der Waals surface area (Å²) in [5.41, 5.74) is 1.07. The lowest BCUT2D eigenvalue weighted by molar-refractivity contribution is 0.0603. The Morgan fingerprint density at radius 3 is 2.62 bits per heavy atom. The fourth-order valence-electron chi connectivity index (χ4n) is 2.48. The summed E-state index contributed by atoms with van der Waals surface area (Å²) < 4.78 is 4.84. The molecule has 5 heteroatoms. The van der Waals surface area contributed by atoms with Gasteiger partial charge in [0, 0.05) is 22.7 Å². The fraction of sp³-hybridized carbons (Fsp3) is 0.125. The molecular formula is C16H12ClNO3. The lowest BCUT2D eigenvalue weighted by atomic mass is 9.97. The first-order valence-corrected chi connectivity index (χ1v) is 6.72. The van der Waals surface area contributed by atoms with Crippen molar-refractivity contribution in [1.82, 2.24) is 4.98 Å². The van der Waals surface area contributed by atoms with Crippen LogP contribution in [0.4, 0.5) is 0 Å². The average molecular weight is 302 g/mol. The minimum absolute atomic E-state index is 0.226. The van der Waals surface area contributed by atoms with E-state index in [2.05, 4.69) is 4.98 Å². The predicted molar refractivity (Wildman–Crippen MR) is 83.2 cm³/mol. The highest BCUT2D eigenvalue weighted by molar-refractivity contribution is 6.33. The standard InChI is InChI=1S/C16H12ClNO3/c1-8-3-10-11(6-14(8)17)13-7-18-15(19)5-9(13)4-12(10)16(20)21-2/h3-7H,1-2H3,(H,18,19). The first-order valence-electron chi connectivity index (χ1n) is 6.35. The van der Waals surface area contributed by atoms with Gasteiger partial charge in [-0.2, -0.15) is 0 Å². The normalized spacial score (nSPS) is 11.0. The number of fused-ring (bicyclic) bond motifs is 3. The number of carbonyl (C=O) groups excluding carboxylic acids is 1. The van der Waals surface area contributed by atoms with Gasteiger partial charge < -0.3 is 9.72 Å². The second-order valence-electron chi connectivity index (χ2n) is 4.86. The number of ether oxygens (including phenoxy) is 1. The Bertz CT molecular complexity index is 944. The van der Waals surface area contributed by atoms with E-state index in [1.807, 2.05) is 13.0 Å². The number of pyridine rings is 1. The van der Waals surface area contributed by atoms with Crippen molar-refractivity contribution in [2.75, 3.05) is 7.11 Å². The van der Waals surface area contributed by atoms with Crippen molar-refractivity contribution in [2.24, 2.45) is 0 Å². The van der Waals surface area contributed by atoms with Gasteiger partial charge in [0.1, 0.15) is 0 Å². The molecule has 0 unspecified atom stereocenters. The van der Waals surface area contributed by atoms with Crippen molar-refractivity contribution < 1.29 is 9.53 Å². The predicted octanol–water partition coefficient (Wildman–Crippen LogP) is 3.43. The Hall–Kier alpha value is -2.33. The smallest absolute Gasteiger partial charge is 0.338 e. The Morgan fingerprint density at radius 2 is 1.90 bits per heavy atom. The van der Waals surface area contributed by atoms with Crippen molar-refractivity contribution in [3.63, 3.8) is 0 Å². The molecule has 0 amide bonds. The first kappa shape index (κ1) is 13.6. The van der Waals surface area contributed by atoms with E-state index in [0.29, 0.717) is 16.0 Å². The third-order valence-electron chi connectivity index (χ3n) is 3.54. The van der Waals surface area contributed by atoms with Crippen molar-refractivity contribution in [1.29, 1.82) is 0 Å². The molecule has 3 rings (SSSR count).